The molecule has 3 aromatic heterocycles. The summed E-state index contributed by atoms with van der Waals surface area (Å²) in [7, 11) is -3.09. The Labute approximate surface area is 252 Å². The quantitative estimate of drug-likeness (QED) is 0.0862. The number of carboxylic acid groups (broad SMARTS) is 1. The van der Waals surface area contributed by atoms with Crippen LogP contribution < -0.4 is 26.1 Å². The molecule has 15 nitrogen and oxygen atoms in total. The number of aliphatic carboxylic acids is 1. The molecular weight excluding hydrogens is 595 g/mol. The molecule has 1 atom stereocenters. The van der Waals surface area contributed by atoms with E-state index in [0.29, 0.717) is 35.9 Å². The third-order valence-corrected chi connectivity index (χ3v) is 6.51. The van der Waals surface area contributed by atoms with Gasteiger partial charge in [0, 0.05) is 31.2 Å². The van der Waals surface area contributed by atoms with Crippen molar-refractivity contribution in [2.24, 2.45) is 5.73 Å². The molecule has 0 spiro atoms. The van der Waals surface area contributed by atoms with E-state index in [0.717, 1.165) is 11.1 Å². The molecule has 0 bridgehead atoms. The number of carbonyl (C=O) groups is 2. The zero-order valence-electron chi connectivity index (χ0n) is 23.8. The number of anilines is 1. The average Bonchev–Trinajstić information content (AvgIpc) is 3.45. The lowest BCUT2D eigenvalue weighted by Crippen LogP contribution is -2.38. The van der Waals surface area contributed by atoms with Crippen molar-refractivity contribution in [1.82, 2.24) is 15.5 Å². The van der Waals surface area contributed by atoms with Gasteiger partial charge in [-0.1, -0.05) is 35.5 Å². The Morgan fingerprint density at radius 2 is 1.84 bits per heavy atom. The first kappa shape index (κ1) is 33.8. The molecule has 44 heavy (non-hydrogen) atoms. The Morgan fingerprint density at radius 3 is 2.45 bits per heavy atom. The van der Waals surface area contributed by atoms with Crippen LogP contribution in [0.3, 0.4) is 0 Å². The summed E-state index contributed by atoms with van der Waals surface area (Å²) in [5, 5.41) is 15.1. The van der Waals surface area contributed by atoms with E-state index in [9.17, 15) is 14.2 Å². The van der Waals surface area contributed by atoms with E-state index in [4.69, 9.17) is 35.6 Å². The van der Waals surface area contributed by atoms with E-state index in [1.807, 2.05) is 42.5 Å². The number of nitrogens with zero attached hydrogens (tertiary/aromatic N) is 3. The van der Waals surface area contributed by atoms with Gasteiger partial charge in [0.2, 0.25) is 18.5 Å². The van der Waals surface area contributed by atoms with Crippen LogP contribution in [0.15, 0.2) is 77.6 Å². The Hall–Kier alpha value is -4.66. The van der Waals surface area contributed by atoms with Gasteiger partial charge in [0.15, 0.2) is 5.76 Å². The maximum atomic E-state index is 11.0. The highest BCUT2D eigenvalue weighted by Gasteiger charge is 2.21. The molecule has 0 aliphatic heterocycles. The fraction of sp³-hybridized carbons (Fsp3) is 0.250. The first-order chi connectivity index (χ1) is 20.9. The molecule has 3 heterocycles. The second kappa shape index (κ2) is 16.3. The normalized spacial score (nSPS) is 11.7. The number of carboxylic acids is 1. The number of primary amides is 1. The van der Waals surface area contributed by atoms with Crippen molar-refractivity contribution in [2.45, 2.75) is 38.6 Å². The molecule has 16 heteroatoms. The number of nitrogens with two attached hydrogens (primary N) is 2. The van der Waals surface area contributed by atoms with Crippen molar-refractivity contribution in [2.75, 3.05) is 12.8 Å². The van der Waals surface area contributed by atoms with Crippen LogP contribution in [0.5, 0.6) is 5.88 Å². The highest BCUT2D eigenvalue weighted by molar-refractivity contribution is 7.46. The summed E-state index contributed by atoms with van der Waals surface area (Å²) < 4.78 is 27.9. The Balaban J connectivity index is 0.000000411. The molecule has 0 aliphatic rings. The number of nitrogens with one attached hydrogen (secondary N) is 1. The predicted molar refractivity (Wildman–Crippen MR) is 156 cm³/mol. The molecule has 0 saturated heterocycles. The van der Waals surface area contributed by atoms with Gasteiger partial charge in [-0.2, -0.15) is 0 Å². The molecular formula is C28H34N6O9P+. The maximum Gasteiger partial charge on any atom is 0.472 e. The van der Waals surface area contributed by atoms with Crippen LogP contribution in [-0.2, 0) is 38.4 Å². The largest absolute Gasteiger partial charge is 0.480 e. The molecule has 4 aromatic rings. The predicted octanol–water partition coefficient (Wildman–Crippen LogP) is 1.77. The lowest BCUT2D eigenvalue weighted by atomic mass is 10.1. The van der Waals surface area contributed by atoms with Gasteiger partial charge >= 0.3 is 13.8 Å². The van der Waals surface area contributed by atoms with E-state index in [1.165, 1.54) is 11.6 Å². The molecule has 1 amide bonds. The summed E-state index contributed by atoms with van der Waals surface area (Å²) in [5.74, 6) is -0.203. The zero-order valence-corrected chi connectivity index (χ0v) is 24.7. The van der Waals surface area contributed by atoms with Crippen molar-refractivity contribution in [3.05, 3.63) is 89.9 Å². The lowest BCUT2D eigenvalue weighted by Gasteiger charge is -2.08. The number of pyridine rings is 2. The fourth-order valence-corrected chi connectivity index (χ4v) is 4.05. The maximum absolute atomic E-state index is 11.0. The third-order valence-electron chi connectivity index (χ3n) is 6.06. The van der Waals surface area contributed by atoms with Gasteiger partial charge in [0.1, 0.15) is 18.2 Å². The number of likely N-dealkylation sites (N-methyl/N-ethyl adjacent to an activating group) is 1. The van der Waals surface area contributed by atoms with Crippen LogP contribution in [-0.4, -0.2) is 50.0 Å². The van der Waals surface area contributed by atoms with Gasteiger partial charge in [0.05, 0.1) is 11.9 Å². The number of amides is 1. The SMILES string of the molecule is CN[C@H](CCC(N)=O)C(=O)O.Nc1c(-c2cc(Cc3ccc(COc4ccccn4)cc3)no2)ccc[n+]1COP(=O)(O)O. The molecule has 0 unspecified atom stereocenters. The minimum absolute atomic E-state index is 0.0950. The number of hydrogen-bond acceptors (Lipinski definition) is 10. The van der Waals surface area contributed by atoms with Gasteiger partial charge in [-0.3, -0.25) is 15.3 Å². The van der Waals surface area contributed by atoms with Crippen molar-refractivity contribution in [3.63, 3.8) is 0 Å². The first-order valence-corrected chi connectivity index (χ1v) is 14.7. The van der Waals surface area contributed by atoms with Crippen molar-refractivity contribution >= 4 is 25.5 Å². The van der Waals surface area contributed by atoms with Crippen LogP contribution in [0.2, 0.25) is 0 Å². The average molecular weight is 630 g/mol. The molecule has 0 saturated carbocycles. The summed E-state index contributed by atoms with van der Waals surface area (Å²) in [6, 6.07) is 18.0. The van der Waals surface area contributed by atoms with Gasteiger partial charge < -0.3 is 35.2 Å². The van der Waals surface area contributed by atoms with Gasteiger partial charge in [-0.05, 0) is 42.8 Å². The van der Waals surface area contributed by atoms with E-state index >= 15 is 0 Å². The topological polar surface area (TPSA) is 237 Å². The van der Waals surface area contributed by atoms with Gasteiger partial charge in [-0.15, -0.1) is 0 Å². The number of aromatic nitrogens is 3. The van der Waals surface area contributed by atoms with Gasteiger partial charge in [-0.25, -0.2) is 18.6 Å². The minimum atomic E-state index is -4.62. The summed E-state index contributed by atoms with van der Waals surface area (Å²) in [6.45, 7) is 0.0196. The second-order valence-electron chi connectivity index (χ2n) is 9.34. The van der Waals surface area contributed by atoms with Crippen LogP contribution in [0.1, 0.15) is 29.7 Å². The number of benzene rings is 1. The summed E-state index contributed by atoms with van der Waals surface area (Å²) >= 11 is 0. The van der Waals surface area contributed by atoms with Crippen LogP contribution in [0.25, 0.3) is 11.3 Å². The molecule has 0 fully saturated rings. The van der Waals surface area contributed by atoms with Crippen LogP contribution in [0, 0.1) is 0 Å². The van der Waals surface area contributed by atoms with Crippen molar-refractivity contribution in [3.8, 4) is 17.2 Å². The standard InChI is InChI=1S/C22H21N4O6P.C6H12N2O3/c23-22-19(4-3-11-26(22)15-31-33(27,28)29)20-13-18(25-32-20)12-16-6-8-17(9-7-16)14-30-21-5-1-2-10-24-21;1-8-4(6(10)11)2-3-5(7)9/h1-11,13,23H,12,14-15H2,(H2,27,28,29);4,8H,2-3H2,1H3,(H2,7,9)(H,10,11)/p+1/t;4-/m.1/s1. The molecule has 1 aromatic carbocycles. The molecule has 0 radical (unpaired) electrons. The van der Waals surface area contributed by atoms with Crippen LogP contribution >= 0.6 is 7.82 Å². The van der Waals surface area contributed by atoms with Crippen molar-refractivity contribution in [1.29, 1.82) is 0 Å². The van der Waals surface area contributed by atoms with E-state index < -0.39 is 32.5 Å². The number of phosphoric ester groups is 1. The third kappa shape index (κ3) is 11.2. The summed E-state index contributed by atoms with van der Waals surface area (Å²) in [5.41, 5.74) is 14.3. The number of rotatable bonds is 14. The number of ether oxygens (including phenoxy) is 1. The smallest absolute Gasteiger partial charge is 0.472 e. The zero-order chi connectivity index (χ0) is 32.1. The second-order valence-corrected chi connectivity index (χ2v) is 10.6. The first-order valence-electron chi connectivity index (χ1n) is 13.2. The van der Waals surface area contributed by atoms with E-state index in [1.54, 1.807) is 30.6 Å². The number of phosphoric acid groups is 1. The highest BCUT2D eigenvalue weighted by atomic mass is 31.2. The Kier molecular flexibility index (Phi) is 12.5. The molecule has 4 rings (SSSR count). The molecule has 8 N–H and O–H groups in total. The van der Waals surface area contributed by atoms with Crippen molar-refractivity contribution < 1.29 is 47.4 Å². The monoisotopic (exact) mass is 629 g/mol. The summed E-state index contributed by atoms with van der Waals surface area (Å²) in [6.07, 6.45) is 4.12. The van der Waals surface area contributed by atoms with E-state index in [-0.39, 0.29) is 18.7 Å². The highest BCUT2D eigenvalue weighted by Crippen LogP contribution is 2.35. The van der Waals surface area contributed by atoms with E-state index in [2.05, 4.69) is 20.0 Å². The van der Waals surface area contributed by atoms with Crippen LogP contribution in [0.4, 0.5) is 5.82 Å². The number of nitrogen functional groups attached to an aromatic ring is 1. The fourth-order valence-electron chi connectivity index (χ4n) is 3.77. The Bertz CT molecular complexity index is 1560. The molecule has 234 valence electrons. The Morgan fingerprint density at radius 1 is 1.11 bits per heavy atom. The van der Waals surface area contributed by atoms with Gasteiger partial charge in [0.25, 0.3) is 5.82 Å². The number of carbonyl (C=O) groups excluding carboxylic acids is 1. The molecule has 0 aliphatic carbocycles. The number of hydrogen-bond donors (Lipinski definition) is 6. The lowest BCUT2D eigenvalue weighted by molar-refractivity contribution is -0.711. The minimum Gasteiger partial charge on any atom is -0.480 e. The summed E-state index contributed by atoms with van der Waals surface area (Å²) in [4.78, 5) is 42.5.